The predicted octanol–water partition coefficient (Wildman–Crippen LogP) is 3.24. The van der Waals surface area contributed by atoms with Gasteiger partial charge in [-0.25, -0.2) is 0 Å². The normalized spacial score (nSPS) is 19.9. The first-order chi connectivity index (χ1) is 8.15. The minimum atomic E-state index is -0.309. The van der Waals surface area contributed by atoms with Crippen molar-refractivity contribution < 1.29 is 0 Å². The Balaban J connectivity index is 1.99. The summed E-state index contributed by atoms with van der Waals surface area (Å²) in [5.41, 5.74) is 2.78. The molecule has 0 aliphatic heterocycles. The van der Waals surface area contributed by atoms with E-state index in [1.165, 1.54) is 43.2 Å². The highest BCUT2D eigenvalue weighted by Gasteiger charge is 2.22. The van der Waals surface area contributed by atoms with Crippen molar-refractivity contribution in [2.24, 2.45) is 5.92 Å². The molecule has 1 aromatic rings. The summed E-state index contributed by atoms with van der Waals surface area (Å²) >= 11 is 6.66. The lowest BCUT2D eigenvalue weighted by Gasteiger charge is -2.26. The standard InChI is InChI=1S/C15H23ClSi/c1-11-8-12(2)10-14(9-11)17-15(16)13-6-4-3-5-7-13/h8-10,13,15H,3-7,17H2,1-2H3. The number of rotatable bonds is 3. The highest BCUT2D eigenvalue weighted by Crippen LogP contribution is 2.28. The predicted molar refractivity (Wildman–Crippen MR) is 80.3 cm³/mol. The van der Waals surface area contributed by atoms with Crippen LogP contribution in [-0.2, 0) is 0 Å². The highest BCUT2D eigenvalue weighted by molar-refractivity contribution is 6.64. The summed E-state index contributed by atoms with van der Waals surface area (Å²) in [5, 5.41) is 2.02. The molecule has 1 aliphatic carbocycles. The van der Waals surface area contributed by atoms with Crippen LogP contribution in [0.5, 0.6) is 0 Å². The van der Waals surface area contributed by atoms with Crippen molar-refractivity contribution in [3.05, 3.63) is 29.3 Å². The van der Waals surface area contributed by atoms with Gasteiger partial charge in [0.1, 0.15) is 0 Å². The van der Waals surface area contributed by atoms with Crippen molar-refractivity contribution in [1.82, 2.24) is 0 Å². The van der Waals surface area contributed by atoms with E-state index in [4.69, 9.17) is 11.6 Å². The van der Waals surface area contributed by atoms with Gasteiger partial charge in [-0.05, 0) is 32.6 Å². The topological polar surface area (TPSA) is 0 Å². The Morgan fingerprint density at radius 2 is 1.65 bits per heavy atom. The first-order valence-corrected chi connectivity index (χ1v) is 8.82. The largest absolute Gasteiger partial charge is 0.127 e. The van der Waals surface area contributed by atoms with E-state index >= 15 is 0 Å². The summed E-state index contributed by atoms with van der Waals surface area (Å²) < 4.78 is 0. The molecule has 0 radical (unpaired) electrons. The van der Waals surface area contributed by atoms with Gasteiger partial charge in [-0.1, -0.05) is 53.8 Å². The molecule has 0 heterocycles. The summed E-state index contributed by atoms with van der Waals surface area (Å²) in [4.78, 5) is 0. The van der Waals surface area contributed by atoms with Crippen LogP contribution >= 0.6 is 11.6 Å². The smallest absolute Gasteiger partial charge is 0.0756 e. The second-order valence-electron chi connectivity index (χ2n) is 5.61. The van der Waals surface area contributed by atoms with Crippen LogP contribution < -0.4 is 5.19 Å². The minimum Gasteiger partial charge on any atom is -0.127 e. The zero-order valence-corrected chi connectivity index (χ0v) is 13.2. The number of hydrogen-bond acceptors (Lipinski definition) is 0. The summed E-state index contributed by atoms with van der Waals surface area (Å²) in [6.45, 7) is 4.38. The van der Waals surface area contributed by atoms with Crippen molar-refractivity contribution >= 4 is 26.3 Å². The highest BCUT2D eigenvalue weighted by atomic mass is 35.5. The van der Waals surface area contributed by atoms with Gasteiger partial charge >= 0.3 is 0 Å². The Hall–Kier alpha value is -0.273. The first-order valence-electron chi connectivity index (χ1n) is 6.86. The zero-order chi connectivity index (χ0) is 12.3. The molecular formula is C15H23ClSi. The van der Waals surface area contributed by atoms with E-state index < -0.39 is 0 Å². The molecule has 94 valence electrons. The third-order valence-electron chi connectivity index (χ3n) is 3.87. The van der Waals surface area contributed by atoms with Gasteiger partial charge in [0, 0.05) is 5.00 Å². The van der Waals surface area contributed by atoms with Crippen LogP contribution in [0.2, 0.25) is 0 Å². The van der Waals surface area contributed by atoms with Crippen LogP contribution in [0.3, 0.4) is 0 Å². The molecular weight excluding hydrogens is 244 g/mol. The van der Waals surface area contributed by atoms with Gasteiger partial charge in [0.15, 0.2) is 0 Å². The molecule has 1 fully saturated rings. The monoisotopic (exact) mass is 266 g/mol. The minimum absolute atomic E-state index is 0.309. The van der Waals surface area contributed by atoms with Crippen LogP contribution in [0.1, 0.15) is 43.2 Å². The molecule has 1 saturated carbocycles. The number of benzene rings is 1. The second kappa shape index (κ2) is 6.06. The van der Waals surface area contributed by atoms with Crippen LogP contribution in [0.4, 0.5) is 0 Å². The van der Waals surface area contributed by atoms with Crippen LogP contribution in [0, 0.1) is 19.8 Å². The lowest BCUT2D eigenvalue weighted by atomic mass is 9.91. The van der Waals surface area contributed by atoms with Gasteiger partial charge in [0.05, 0.1) is 9.52 Å². The Morgan fingerprint density at radius 1 is 1.06 bits per heavy atom. The number of halogens is 1. The quantitative estimate of drug-likeness (QED) is 0.582. The van der Waals surface area contributed by atoms with Gasteiger partial charge < -0.3 is 0 Å². The molecule has 1 unspecified atom stereocenters. The molecule has 17 heavy (non-hydrogen) atoms. The van der Waals surface area contributed by atoms with Crippen LogP contribution in [0.25, 0.3) is 0 Å². The maximum atomic E-state index is 6.66. The molecule has 0 aromatic heterocycles. The molecule has 0 spiro atoms. The molecule has 2 rings (SSSR count). The fourth-order valence-electron chi connectivity index (χ4n) is 3.07. The molecule has 0 nitrogen and oxygen atoms in total. The van der Waals surface area contributed by atoms with E-state index in [-0.39, 0.29) is 9.52 Å². The molecule has 2 heteroatoms. The Bertz CT molecular complexity index is 349. The van der Waals surface area contributed by atoms with E-state index in [1.54, 1.807) is 5.19 Å². The van der Waals surface area contributed by atoms with Gasteiger partial charge in [-0.15, -0.1) is 11.6 Å². The van der Waals surface area contributed by atoms with E-state index in [0.717, 1.165) is 5.92 Å². The molecule has 1 aromatic carbocycles. The molecule has 1 aliphatic rings. The van der Waals surface area contributed by atoms with E-state index in [0.29, 0.717) is 5.00 Å². The third-order valence-corrected chi connectivity index (χ3v) is 6.63. The molecule has 1 atom stereocenters. The van der Waals surface area contributed by atoms with Crippen molar-refractivity contribution in [3.63, 3.8) is 0 Å². The first kappa shape index (κ1) is 13.2. The van der Waals surface area contributed by atoms with Gasteiger partial charge in [-0.2, -0.15) is 0 Å². The Kier molecular flexibility index (Phi) is 4.69. The summed E-state index contributed by atoms with van der Waals surface area (Å²) in [5.74, 6) is 0.804. The SMILES string of the molecule is Cc1cc(C)cc([SiH2]C(Cl)C2CCCCC2)c1. The average Bonchev–Trinajstić information content (AvgIpc) is 2.28. The molecule has 0 N–H and O–H groups in total. The van der Waals surface area contributed by atoms with Crippen molar-refractivity contribution in [2.45, 2.75) is 51.0 Å². The zero-order valence-electron chi connectivity index (χ0n) is 11.0. The van der Waals surface area contributed by atoms with Crippen molar-refractivity contribution in [3.8, 4) is 0 Å². The van der Waals surface area contributed by atoms with E-state index in [1.807, 2.05) is 0 Å². The summed E-state index contributed by atoms with van der Waals surface area (Å²) in [6, 6.07) is 6.94. The number of hydrogen-bond donors (Lipinski definition) is 0. The van der Waals surface area contributed by atoms with Crippen LogP contribution in [-0.4, -0.2) is 14.5 Å². The Morgan fingerprint density at radius 3 is 2.24 bits per heavy atom. The molecule has 0 amide bonds. The molecule has 0 bridgehead atoms. The molecule has 0 saturated heterocycles. The lowest BCUT2D eigenvalue weighted by molar-refractivity contribution is 0.375. The maximum absolute atomic E-state index is 6.66. The van der Waals surface area contributed by atoms with Gasteiger partial charge in [0.2, 0.25) is 0 Å². The summed E-state index contributed by atoms with van der Waals surface area (Å²) in [7, 11) is -0.309. The fourth-order valence-corrected chi connectivity index (χ4v) is 6.00. The third kappa shape index (κ3) is 3.85. The van der Waals surface area contributed by atoms with Gasteiger partial charge in [0.25, 0.3) is 0 Å². The van der Waals surface area contributed by atoms with Crippen molar-refractivity contribution in [1.29, 1.82) is 0 Å². The lowest BCUT2D eigenvalue weighted by Crippen LogP contribution is -2.31. The number of alkyl halides is 1. The average molecular weight is 267 g/mol. The summed E-state index contributed by atoms with van der Waals surface area (Å²) in [6.07, 6.45) is 6.95. The number of aryl methyl sites for hydroxylation is 2. The van der Waals surface area contributed by atoms with Crippen LogP contribution in [0.15, 0.2) is 18.2 Å². The maximum Gasteiger partial charge on any atom is 0.0756 e. The Labute approximate surface area is 113 Å². The van der Waals surface area contributed by atoms with E-state index in [2.05, 4.69) is 32.0 Å². The van der Waals surface area contributed by atoms with E-state index in [9.17, 15) is 0 Å². The van der Waals surface area contributed by atoms with Gasteiger partial charge in [-0.3, -0.25) is 0 Å². The second-order valence-corrected chi connectivity index (χ2v) is 8.80. The van der Waals surface area contributed by atoms with Crippen molar-refractivity contribution in [2.75, 3.05) is 0 Å². The fraction of sp³-hybridized carbons (Fsp3) is 0.600.